The minimum atomic E-state index is -0.837. The van der Waals surface area contributed by atoms with Gasteiger partial charge in [0, 0.05) is 6.42 Å². The minimum absolute atomic E-state index is 0.0189. The molecule has 1 heterocycles. The van der Waals surface area contributed by atoms with Crippen LogP contribution in [0.2, 0.25) is 0 Å². The predicted molar refractivity (Wildman–Crippen MR) is 94.3 cm³/mol. The highest BCUT2D eigenvalue weighted by Gasteiger charge is 2.29. The van der Waals surface area contributed by atoms with E-state index in [0.717, 1.165) is 0 Å². The van der Waals surface area contributed by atoms with E-state index in [1.165, 1.54) is 7.11 Å². The summed E-state index contributed by atoms with van der Waals surface area (Å²) in [4.78, 5) is 48.4. The van der Waals surface area contributed by atoms with Gasteiger partial charge in [0.15, 0.2) is 0 Å². The molecule has 0 fully saturated rings. The van der Waals surface area contributed by atoms with Gasteiger partial charge in [-0.05, 0) is 24.5 Å². The van der Waals surface area contributed by atoms with Gasteiger partial charge in [-0.2, -0.15) is 0 Å². The molecular weight excluding hydrogens is 338 g/mol. The number of ether oxygens (including phenoxy) is 1. The summed E-state index contributed by atoms with van der Waals surface area (Å²) in [6.45, 7) is 3.58. The fraction of sp³-hybridized carbons (Fsp3) is 0.444. The van der Waals surface area contributed by atoms with Crippen LogP contribution in [0.15, 0.2) is 24.3 Å². The van der Waals surface area contributed by atoms with E-state index in [0.29, 0.717) is 11.3 Å². The van der Waals surface area contributed by atoms with Gasteiger partial charge in [-0.15, -0.1) is 0 Å². The number of anilines is 1. The molecule has 3 N–H and O–H groups in total. The molecule has 26 heavy (non-hydrogen) atoms. The zero-order chi connectivity index (χ0) is 19.3. The number of carbonyl (C=O) groups excluding carboxylic acids is 4. The standard InChI is InChI=1S/C18H23N3O5/c1-10(2)15(18(25)26-3)21-14(22)9-8-13-17(24)19-12-7-5-4-6-11(12)16(23)20-13/h4-7,10,13,15H,8-9H2,1-3H3,(H,19,24)(H,20,23)(H,21,22). The fourth-order valence-electron chi connectivity index (χ4n) is 2.66. The van der Waals surface area contributed by atoms with Gasteiger partial charge in [-0.25, -0.2) is 4.79 Å². The van der Waals surface area contributed by atoms with Gasteiger partial charge in [-0.1, -0.05) is 26.0 Å². The first-order valence-electron chi connectivity index (χ1n) is 8.41. The molecule has 0 aliphatic carbocycles. The smallest absolute Gasteiger partial charge is 0.328 e. The van der Waals surface area contributed by atoms with Gasteiger partial charge in [0.2, 0.25) is 11.8 Å². The third kappa shape index (κ3) is 4.59. The van der Waals surface area contributed by atoms with Crippen molar-refractivity contribution in [3.05, 3.63) is 29.8 Å². The van der Waals surface area contributed by atoms with Gasteiger partial charge in [0.05, 0.1) is 18.4 Å². The SMILES string of the molecule is COC(=O)C(NC(=O)CCC1NC(=O)c2ccccc2NC1=O)C(C)C. The molecule has 1 aromatic carbocycles. The van der Waals surface area contributed by atoms with Crippen LogP contribution in [0.1, 0.15) is 37.0 Å². The van der Waals surface area contributed by atoms with Crippen molar-refractivity contribution in [2.45, 2.75) is 38.8 Å². The van der Waals surface area contributed by atoms with Crippen molar-refractivity contribution in [3.8, 4) is 0 Å². The molecule has 1 aromatic rings. The Balaban J connectivity index is 1.97. The number of hydrogen-bond acceptors (Lipinski definition) is 5. The zero-order valence-electron chi connectivity index (χ0n) is 15.0. The molecule has 2 unspecified atom stereocenters. The summed E-state index contributed by atoms with van der Waals surface area (Å²) in [5.74, 6) is -1.81. The Bertz CT molecular complexity index is 717. The van der Waals surface area contributed by atoms with Crippen LogP contribution in [0, 0.1) is 5.92 Å². The van der Waals surface area contributed by atoms with E-state index in [-0.39, 0.29) is 30.6 Å². The highest BCUT2D eigenvalue weighted by molar-refractivity contribution is 6.09. The summed E-state index contributed by atoms with van der Waals surface area (Å²) in [5.41, 5.74) is 0.811. The second kappa shape index (κ2) is 8.46. The number of carbonyl (C=O) groups is 4. The minimum Gasteiger partial charge on any atom is -0.467 e. The van der Waals surface area contributed by atoms with E-state index in [9.17, 15) is 19.2 Å². The third-order valence-electron chi connectivity index (χ3n) is 4.15. The van der Waals surface area contributed by atoms with Crippen molar-refractivity contribution in [3.63, 3.8) is 0 Å². The Morgan fingerprint density at radius 2 is 1.92 bits per heavy atom. The Hall–Kier alpha value is -2.90. The molecule has 0 saturated carbocycles. The zero-order valence-corrected chi connectivity index (χ0v) is 15.0. The molecule has 1 aliphatic rings. The van der Waals surface area contributed by atoms with Gasteiger partial charge in [0.1, 0.15) is 12.1 Å². The summed E-state index contributed by atoms with van der Waals surface area (Å²) in [6, 6.07) is 5.09. The monoisotopic (exact) mass is 361 g/mol. The van der Waals surface area contributed by atoms with E-state index in [1.807, 2.05) is 0 Å². The van der Waals surface area contributed by atoms with Gasteiger partial charge in [0.25, 0.3) is 5.91 Å². The van der Waals surface area contributed by atoms with Crippen LogP contribution in [-0.4, -0.2) is 42.9 Å². The van der Waals surface area contributed by atoms with E-state index in [4.69, 9.17) is 0 Å². The summed E-state index contributed by atoms with van der Waals surface area (Å²) in [5, 5.41) is 7.92. The molecule has 0 bridgehead atoms. The van der Waals surface area contributed by atoms with E-state index >= 15 is 0 Å². The fourth-order valence-corrected chi connectivity index (χ4v) is 2.66. The first-order valence-corrected chi connectivity index (χ1v) is 8.41. The van der Waals surface area contributed by atoms with E-state index in [2.05, 4.69) is 20.7 Å². The summed E-state index contributed by atoms with van der Waals surface area (Å²) >= 11 is 0. The van der Waals surface area contributed by atoms with Crippen molar-refractivity contribution in [2.75, 3.05) is 12.4 Å². The normalized spacial score (nSPS) is 17.5. The average molecular weight is 361 g/mol. The van der Waals surface area contributed by atoms with Crippen molar-refractivity contribution in [1.82, 2.24) is 10.6 Å². The van der Waals surface area contributed by atoms with Crippen molar-refractivity contribution >= 4 is 29.4 Å². The molecule has 3 amide bonds. The molecule has 8 nitrogen and oxygen atoms in total. The number of hydrogen-bond donors (Lipinski definition) is 3. The Labute approximate surface area is 151 Å². The lowest BCUT2D eigenvalue weighted by Gasteiger charge is -2.20. The van der Waals surface area contributed by atoms with Crippen LogP contribution in [0.3, 0.4) is 0 Å². The molecule has 0 radical (unpaired) electrons. The molecule has 0 saturated heterocycles. The highest BCUT2D eigenvalue weighted by Crippen LogP contribution is 2.19. The van der Waals surface area contributed by atoms with Crippen molar-refractivity contribution < 1.29 is 23.9 Å². The lowest BCUT2D eigenvalue weighted by Crippen LogP contribution is -2.46. The molecule has 8 heteroatoms. The van der Waals surface area contributed by atoms with Crippen molar-refractivity contribution in [1.29, 1.82) is 0 Å². The molecule has 1 aliphatic heterocycles. The highest BCUT2D eigenvalue weighted by atomic mass is 16.5. The van der Waals surface area contributed by atoms with Crippen LogP contribution >= 0.6 is 0 Å². The first kappa shape index (κ1) is 19.4. The summed E-state index contributed by atoms with van der Waals surface area (Å²) in [7, 11) is 1.26. The maximum Gasteiger partial charge on any atom is 0.328 e. The lowest BCUT2D eigenvalue weighted by molar-refractivity contribution is -0.146. The number of nitrogens with one attached hydrogen (secondary N) is 3. The number of rotatable bonds is 6. The van der Waals surface area contributed by atoms with Crippen molar-refractivity contribution in [2.24, 2.45) is 5.92 Å². The van der Waals surface area contributed by atoms with Crippen LogP contribution < -0.4 is 16.0 Å². The van der Waals surface area contributed by atoms with Crippen LogP contribution in [0.5, 0.6) is 0 Å². The van der Waals surface area contributed by atoms with Crippen LogP contribution in [0.25, 0.3) is 0 Å². The largest absolute Gasteiger partial charge is 0.467 e. The Morgan fingerprint density at radius 3 is 2.58 bits per heavy atom. The van der Waals surface area contributed by atoms with Gasteiger partial charge in [-0.3, -0.25) is 14.4 Å². The maximum atomic E-state index is 12.3. The molecule has 2 rings (SSSR count). The molecule has 0 aromatic heterocycles. The van der Waals surface area contributed by atoms with Crippen LogP contribution in [-0.2, 0) is 19.1 Å². The number of benzene rings is 1. The first-order chi connectivity index (χ1) is 12.3. The van der Waals surface area contributed by atoms with Gasteiger partial charge >= 0.3 is 5.97 Å². The van der Waals surface area contributed by atoms with E-state index < -0.39 is 24.0 Å². The number of esters is 1. The second-order valence-electron chi connectivity index (χ2n) is 6.41. The predicted octanol–water partition coefficient (Wildman–Crippen LogP) is 0.831. The number of amides is 3. The van der Waals surface area contributed by atoms with Crippen LogP contribution in [0.4, 0.5) is 5.69 Å². The molecule has 0 spiro atoms. The number of fused-ring (bicyclic) bond motifs is 1. The lowest BCUT2D eigenvalue weighted by atomic mass is 10.0. The maximum absolute atomic E-state index is 12.3. The average Bonchev–Trinajstić information content (AvgIpc) is 2.73. The summed E-state index contributed by atoms with van der Waals surface area (Å²) < 4.78 is 4.68. The second-order valence-corrected chi connectivity index (χ2v) is 6.41. The molecule has 2 atom stereocenters. The number of para-hydroxylation sites is 1. The summed E-state index contributed by atoms with van der Waals surface area (Å²) in [6.07, 6.45) is 0.0955. The molecular formula is C18H23N3O5. The Morgan fingerprint density at radius 1 is 1.23 bits per heavy atom. The molecule has 140 valence electrons. The Kier molecular flexibility index (Phi) is 6.32. The van der Waals surface area contributed by atoms with E-state index in [1.54, 1.807) is 38.1 Å². The van der Waals surface area contributed by atoms with Gasteiger partial charge < -0.3 is 20.7 Å². The quantitative estimate of drug-likeness (QED) is 0.650. The topological polar surface area (TPSA) is 114 Å². The third-order valence-corrected chi connectivity index (χ3v) is 4.15. The number of methoxy groups -OCH3 is 1.